The second-order valence-corrected chi connectivity index (χ2v) is 8.69. The zero-order valence-corrected chi connectivity index (χ0v) is 18.7. The third-order valence-corrected chi connectivity index (χ3v) is 5.47. The lowest BCUT2D eigenvalue weighted by atomic mass is 10.1. The summed E-state index contributed by atoms with van der Waals surface area (Å²) in [5.74, 6) is 1.22. The molecule has 0 aliphatic carbocycles. The largest absolute Gasteiger partial charge is 0.331 e. The van der Waals surface area contributed by atoms with Gasteiger partial charge in [0.1, 0.15) is 5.82 Å². The number of imidazole rings is 1. The van der Waals surface area contributed by atoms with Gasteiger partial charge < -0.3 is 4.90 Å². The van der Waals surface area contributed by atoms with E-state index in [0.717, 1.165) is 27.0 Å². The van der Waals surface area contributed by atoms with Crippen molar-refractivity contribution in [3.8, 4) is 5.69 Å². The Bertz CT molecular complexity index is 1150. The summed E-state index contributed by atoms with van der Waals surface area (Å²) in [4.78, 5) is 20.1. The third kappa shape index (κ3) is 4.31. The molecule has 0 aliphatic heterocycles. The second-order valence-electron chi connectivity index (χ2n) is 7.77. The van der Waals surface area contributed by atoms with Crippen LogP contribution in [0.15, 0.2) is 83.3 Å². The maximum Gasteiger partial charge on any atom is 0.254 e. The highest BCUT2D eigenvalue weighted by Gasteiger charge is 2.21. The van der Waals surface area contributed by atoms with Gasteiger partial charge in [-0.1, -0.05) is 60.1 Å². The molecule has 1 amide bonds. The molecule has 0 saturated carbocycles. The number of nitrogens with zero attached hydrogens (tertiary/aromatic N) is 3. The van der Waals surface area contributed by atoms with Crippen LogP contribution in [0.3, 0.4) is 0 Å². The van der Waals surface area contributed by atoms with Gasteiger partial charge in [-0.15, -0.1) is 0 Å². The van der Waals surface area contributed by atoms with Crippen LogP contribution >= 0.6 is 15.9 Å². The SMILES string of the molecule is CC(C)CN(Cc1nc2ccccc2n1-c1ccccc1)C(=O)c1ccc(Br)cc1. The van der Waals surface area contributed by atoms with E-state index in [4.69, 9.17) is 4.98 Å². The van der Waals surface area contributed by atoms with Crippen molar-refractivity contribution in [1.29, 1.82) is 0 Å². The number of carbonyl (C=O) groups excluding carboxylic acids is 1. The summed E-state index contributed by atoms with van der Waals surface area (Å²) in [7, 11) is 0. The van der Waals surface area contributed by atoms with Crippen LogP contribution in [0.5, 0.6) is 0 Å². The first-order valence-electron chi connectivity index (χ1n) is 10.1. The number of hydrogen-bond acceptors (Lipinski definition) is 2. The molecule has 0 bridgehead atoms. The summed E-state index contributed by atoms with van der Waals surface area (Å²) in [5, 5.41) is 0. The van der Waals surface area contributed by atoms with Crippen LogP contribution in [0.2, 0.25) is 0 Å². The fraction of sp³-hybridized carbons (Fsp3) is 0.200. The van der Waals surface area contributed by atoms with Crippen molar-refractivity contribution in [3.63, 3.8) is 0 Å². The lowest BCUT2D eigenvalue weighted by Gasteiger charge is -2.25. The van der Waals surface area contributed by atoms with Crippen LogP contribution in [0.1, 0.15) is 30.0 Å². The summed E-state index contributed by atoms with van der Waals surface area (Å²) >= 11 is 3.44. The Hall–Kier alpha value is -2.92. The van der Waals surface area contributed by atoms with Crippen LogP contribution in [-0.2, 0) is 6.54 Å². The molecular weight excluding hydrogens is 438 g/mol. The van der Waals surface area contributed by atoms with Crippen LogP contribution in [0.25, 0.3) is 16.7 Å². The highest BCUT2D eigenvalue weighted by Crippen LogP contribution is 2.23. The topological polar surface area (TPSA) is 38.1 Å². The Kier molecular flexibility index (Phi) is 6.00. The van der Waals surface area contributed by atoms with E-state index in [2.05, 4.69) is 52.5 Å². The van der Waals surface area contributed by atoms with Crippen molar-refractivity contribution in [3.05, 3.63) is 94.7 Å². The van der Waals surface area contributed by atoms with E-state index in [1.165, 1.54) is 0 Å². The van der Waals surface area contributed by atoms with Crippen molar-refractivity contribution in [2.75, 3.05) is 6.54 Å². The molecule has 4 nitrogen and oxygen atoms in total. The zero-order valence-electron chi connectivity index (χ0n) is 17.1. The maximum atomic E-state index is 13.3. The smallest absolute Gasteiger partial charge is 0.254 e. The predicted molar refractivity (Wildman–Crippen MR) is 125 cm³/mol. The molecule has 0 atom stereocenters. The molecule has 4 aromatic rings. The number of para-hydroxylation sites is 3. The van der Waals surface area contributed by atoms with Crippen molar-refractivity contribution in [2.24, 2.45) is 5.92 Å². The molecule has 0 saturated heterocycles. The van der Waals surface area contributed by atoms with E-state index in [9.17, 15) is 4.79 Å². The number of fused-ring (bicyclic) bond motifs is 1. The Morgan fingerprint density at radius 3 is 2.33 bits per heavy atom. The molecule has 0 unspecified atom stereocenters. The molecule has 5 heteroatoms. The van der Waals surface area contributed by atoms with Gasteiger partial charge in [-0.05, 0) is 54.4 Å². The van der Waals surface area contributed by atoms with Gasteiger partial charge in [-0.25, -0.2) is 4.98 Å². The summed E-state index contributed by atoms with van der Waals surface area (Å²) in [6.45, 7) is 5.35. The minimum Gasteiger partial charge on any atom is -0.331 e. The number of aromatic nitrogens is 2. The lowest BCUT2D eigenvalue weighted by molar-refractivity contribution is 0.0717. The van der Waals surface area contributed by atoms with E-state index in [0.29, 0.717) is 24.6 Å². The lowest BCUT2D eigenvalue weighted by Crippen LogP contribution is -2.34. The van der Waals surface area contributed by atoms with Gasteiger partial charge in [0.05, 0.1) is 17.6 Å². The number of rotatable bonds is 6. The van der Waals surface area contributed by atoms with Crippen molar-refractivity contribution in [2.45, 2.75) is 20.4 Å². The van der Waals surface area contributed by atoms with E-state index < -0.39 is 0 Å². The first kappa shape index (κ1) is 20.4. The Labute approximate surface area is 185 Å². The van der Waals surface area contributed by atoms with Gasteiger partial charge >= 0.3 is 0 Å². The van der Waals surface area contributed by atoms with Gasteiger partial charge in [-0.2, -0.15) is 0 Å². The zero-order chi connectivity index (χ0) is 21.1. The molecule has 1 aromatic heterocycles. The van der Waals surface area contributed by atoms with Crippen LogP contribution in [0.4, 0.5) is 0 Å². The van der Waals surface area contributed by atoms with Crippen molar-refractivity contribution >= 4 is 32.9 Å². The van der Waals surface area contributed by atoms with E-state index >= 15 is 0 Å². The normalized spacial score (nSPS) is 11.2. The number of carbonyl (C=O) groups is 1. The predicted octanol–water partition coefficient (Wildman–Crippen LogP) is 6.09. The second kappa shape index (κ2) is 8.84. The average Bonchev–Trinajstić information content (AvgIpc) is 3.11. The molecule has 30 heavy (non-hydrogen) atoms. The molecule has 0 spiro atoms. The van der Waals surface area contributed by atoms with E-state index in [-0.39, 0.29) is 5.91 Å². The first-order chi connectivity index (χ1) is 14.5. The Morgan fingerprint density at radius 2 is 1.63 bits per heavy atom. The number of amides is 1. The fourth-order valence-electron chi connectivity index (χ4n) is 3.65. The minimum absolute atomic E-state index is 0.0165. The molecule has 1 heterocycles. The summed E-state index contributed by atoms with van der Waals surface area (Å²) in [6.07, 6.45) is 0. The molecule has 0 N–H and O–H groups in total. The number of benzene rings is 3. The van der Waals surface area contributed by atoms with Gasteiger partial charge in [0.25, 0.3) is 5.91 Å². The molecule has 4 rings (SSSR count). The minimum atomic E-state index is 0.0165. The van der Waals surface area contributed by atoms with Gasteiger partial charge in [-0.3, -0.25) is 9.36 Å². The van der Waals surface area contributed by atoms with Gasteiger partial charge in [0.2, 0.25) is 0 Å². The van der Waals surface area contributed by atoms with Gasteiger partial charge in [0.15, 0.2) is 0 Å². The standard InChI is InChI=1S/C25H24BrN3O/c1-18(2)16-28(25(30)19-12-14-20(26)15-13-19)17-24-27-22-10-6-7-11-23(22)29(24)21-8-4-3-5-9-21/h3-15,18H,16-17H2,1-2H3. The highest BCUT2D eigenvalue weighted by atomic mass is 79.9. The third-order valence-electron chi connectivity index (χ3n) is 4.94. The highest BCUT2D eigenvalue weighted by molar-refractivity contribution is 9.10. The monoisotopic (exact) mass is 461 g/mol. The maximum absolute atomic E-state index is 13.3. The van der Waals surface area contributed by atoms with Crippen LogP contribution in [-0.4, -0.2) is 26.9 Å². The van der Waals surface area contributed by atoms with Crippen LogP contribution < -0.4 is 0 Å². The van der Waals surface area contributed by atoms with E-state index in [1.54, 1.807) is 0 Å². The summed E-state index contributed by atoms with van der Waals surface area (Å²) in [6, 6.07) is 25.8. The van der Waals surface area contributed by atoms with Crippen molar-refractivity contribution in [1.82, 2.24) is 14.5 Å². The summed E-state index contributed by atoms with van der Waals surface area (Å²) < 4.78 is 3.11. The quantitative estimate of drug-likeness (QED) is 0.348. The molecule has 0 radical (unpaired) electrons. The first-order valence-corrected chi connectivity index (χ1v) is 10.9. The van der Waals surface area contributed by atoms with Crippen molar-refractivity contribution < 1.29 is 4.79 Å². The Morgan fingerprint density at radius 1 is 0.967 bits per heavy atom. The van der Waals surface area contributed by atoms with Crippen LogP contribution in [0, 0.1) is 5.92 Å². The number of hydrogen-bond donors (Lipinski definition) is 0. The molecule has 3 aromatic carbocycles. The Balaban J connectivity index is 1.76. The fourth-order valence-corrected chi connectivity index (χ4v) is 3.92. The molecular formula is C25H24BrN3O. The molecule has 0 aliphatic rings. The molecule has 0 fully saturated rings. The van der Waals surface area contributed by atoms with Gasteiger partial charge in [0, 0.05) is 22.3 Å². The number of halogens is 1. The van der Waals surface area contributed by atoms with E-state index in [1.807, 2.05) is 65.6 Å². The average molecular weight is 462 g/mol. The molecule has 152 valence electrons. The summed E-state index contributed by atoms with van der Waals surface area (Å²) in [5.41, 5.74) is 3.69.